The van der Waals surface area contributed by atoms with Crippen LogP contribution in [-0.2, 0) is 24.3 Å². The van der Waals surface area contributed by atoms with Crippen molar-refractivity contribution < 1.29 is 14.3 Å². The zero-order valence-electron chi connectivity index (χ0n) is 20.0. The molecule has 3 aromatic rings. The maximum atomic E-state index is 13.1. The highest BCUT2D eigenvalue weighted by atomic mass is 35.5. The number of nitrogens with zero attached hydrogens (tertiary/aromatic N) is 5. The van der Waals surface area contributed by atoms with Crippen LogP contribution in [0.4, 0.5) is 0 Å². The molecule has 1 N–H and O–H groups in total. The number of benzene rings is 1. The van der Waals surface area contributed by atoms with Crippen molar-refractivity contribution in [2.45, 2.75) is 52.3 Å². The number of rotatable bonds is 6. The Balaban J connectivity index is 1.42. The molecule has 1 atom stereocenters. The molecule has 0 aliphatic carbocycles. The Kier molecular flexibility index (Phi) is 6.62. The van der Waals surface area contributed by atoms with Gasteiger partial charge in [0.05, 0.1) is 59.4 Å². The van der Waals surface area contributed by atoms with E-state index < -0.39 is 0 Å². The summed E-state index contributed by atoms with van der Waals surface area (Å²) in [4.78, 5) is 32.2. The third kappa shape index (κ3) is 4.23. The highest BCUT2D eigenvalue weighted by Gasteiger charge is 2.30. The van der Waals surface area contributed by atoms with Gasteiger partial charge in [-0.05, 0) is 45.2 Å². The molecule has 0 saturated carbocycles. The van der Waals surface area contributed by atoms with E-state index in [0.717, 1.165) is 42.8 Å². The summed E-state index contributed by atoms with van der Waals surface area (Å²) in [6.45, 7) is 6.64. The minimum absolute atomic E-state index is 0.118. The van der Waals surface area contributed by atoms with Gasteiger partial charge in [0.2, 0.25) is 0 Å². The smallest absolute Gasteiger partial charge is 0.272 e. The fourth-order valence-corrected chi connectivity index (χ4v) is 5.18. The lowest BCUT2D eigenvalue weighted by atomic mass is 10.0. The van der Waals surface area contributed by atoms with Gasteiger partial charge in [-0.1, -0.05) is 17.7 Å². The predicted molar refractivity (Wildman–Crippen MR) is 131 cm³/mol. The Morgan fingerprint density at radius 3 is 2.86 bits per heavy atom. The second-order valence-electron chi connectivity index (χ2n) is 8.81. The molecule has 0 spiro atoms. The van der Waals surface area contributed by atoms with Gasteiger partial charge >= 0.3 is 0 Å². The molecule has 2 aliphatic heterocycles. The Labute approximate surface area is 209 Å². The number of ether oxygens (including phenoxy) is 1. The van der Waals surface area contributed by atoms with Gasteiger partial charge in [-0.3, -0.25) is 9.59 Å². The predicted octanol–water partition coefficient (Wildman–Crippen LogP) is 3.54. The largest absolute Gasteiger partial charge is 0.373 e. The van der Waals surface area contributed by atoms with Gasteiger partial charge in [-0.2, -0.15) is 5.10 Å². The van der Waals surface area contributed by atoms with Crippen molar-refractivity contribution in [2.75, 3.05) is 19.7 Å². The van der Waals surface area contributed by atoms with Gasteiger partial charge in [-0.15, -0.1) is 0 Å². The van der Waals surface area contributed by atoms with E-state index in [2.05, 4.69) is 20.0 Å². The number of carbonyl (C=O) groups is 2. The molecule has 0 unspecified atom stereocenters. The lowest BCUT2D eigenvalue weighted by Crippen LogP contribution is -2.35. The fraction of sp³-hybridized carbons (Fsp3) is 0.440. The summed E-state index contributed by atoms with van der Waals surface area (Å²) < 4.78 is 9.60. The van der Waals surface area contributed by atoms with Crippen LogP contribution in [0.1, 0.15) is 70.5 Å². The first kappa shape index (κ1) is 23.6. The number of halogens is 1. The first-order valence-corrected chi connectivity index (χ1v) is 12.5. The van der Waals surface area contributed by atoms with Crippen LogP contribution in [0.15, 0.2) is 30.7 Å². The standard InChI is InChI=1S/C25H29ClN6O3/c1-3-30(4-2)25(34)16-8-7-10-19(22(16)26)32-21-14-35-13-18(17(21)12-28-32)29-24(33)23-20-9-5-6-11-31(20)15-27-23/h7-8,10,12,15,18H,3-6,9,11,13-14H2,1-2H3,(H,29,33)/t18-/m0/s1. The lowest BCUT2D eigenvalue weighted by Gasteiger charge is -2.25. The van der Waals surface area contributed by atoms with Gasteiger partial charge in [0.25, 0.3) is 11.8 Å². The van der Waals surface area contributed by atoms with Crippen molar-refractivity contribution in [1.82, 2.24) is 29.5 Å². The molecule has 10 heteroatoms. The van der Waals surface area contributed by atoms with Gasteiger partial charge in [0, 0.05) is 25.2 Å². The number of nitrogens with one attached hydrogen (secondary N) is 1. The van der Waals surface area contributed by atoms with Crippen LogP contribution in [0.3, 0.4) is 0 Å². The number of imidazole rings is 1. The Morgan fingerprint density at radius 2 is 2.06 bits per heavy atom. The maximum Gasteiger partial charge on any atom is 0.272 e. The zero-order valence-corrected chi connectivity index (χ0v) is 20.7. The number of fused-ring (bicyclic) bond motifs is 2. The van der Waals surface area contributed by atoms with Crippen LogP contribution in [0.25, 0.3) is 5.69 Å². The van der Waals surface area contributed by atoms with Gasteiger partial charge in [0.1, 0.15) is 5.69 Å². The zero-order chi connectivity index (χ0) is 24.5. The first-order valence-electron chi connectivity index (χ1n) is 12.1. The summed E-state index contributed by atoms with van der Waals surface area (Å²) in [5.74, 6) is -0.327. The SMILES string of the molecule is CCN(CC)C(=O)c1cccc(-n2ncc3c2COC[C@@H]3NC(=O)c2ncn3c2CCCC3)c1Cl. The van der Waals surface area contributed by atoms with Gasteiger partial charge in [-0.25, -0.2) is 9.67 Å². The van der Waals surface area contributed by atoms with Gasteiger partial charge < -0.3 is 19.5 Å². The van der Waals surface area contributed by atoms with Crippen LogP contribution < -0.4 is 5.32 Å². The first-order chi connectivity index (χ1) is 17.0. The Morgan fingerprint density at radius 1 is 1.23 bits per heavy atom. The summed E-state index contributed by atoms with van der Waals surface area (Å²) >= 11 is 6.72. The number of hydrogen-bond donors (Lipinski definition) is 1. The quantitative estimate of drug-likeness (QED) is 0.563. The molecule has 2 aromatic heterocycles. The fourth-order valence-electron chi connectivity index (χ4n) is 4.90. The van der Waals surface area contributed by atoms with Crippen LogP contribution in [0, 0.1) is 0 Å². The minimum Gasteiger partial charge on any atom is -0.373 e. The second kappa shape index (κ2) is 9.83. The molecular formula is C25H29ClN6O3. The van der Waals surface area contributed by atoms with E-state index >= 15 is 0 Å². The molecule has 0 saturated heterocycles. The lowest BCUT2D eigenvalue weighted by molar-refractivity contribution is 0.0683. The third-order valence-electron chi connectivity index (χ3n) is 6.82. The van der Waals surface area contributed by atoms with Crippen LogP contribution in [0.2, 0.25) is 5.02 Å². The average molecular weight is 497 g/mol. The highest BCUT2D eigenvalue weighted by molar-refractivity contribution is 6.35. The van der Waals surface area contributed by atoms with Crippen molar-refractivity contribution in [3.8, 4) is 5.69 Å². The molecule has 4 heterocycles. The van der Waals surface area contributed by atoms with Crippen molar-refractivity contribution in [3.63, 3.8) is 0 Å². The molecule has 5 rings (SSSR count). The topological polar surface area (TPSA) is 94.3 Å². The molecule has 9 nitrogen and oxygen atoms in total. The molecule has 35 heavy (non-hydrogen) atoms. The van der Waals surface area contributed by atoms with E-state index in [0.29, 0.717) is 48.3 Å². The van der Waals surface area contributed by atoms with Gasteiger partial charge in [0.15, 0.2) is 0 Å². The molecule has 1 aromatic carbocycles. The van der Waals surface area contributed by atoms with E-state index in [9.17, 15) is 9.59 Å². The van der Waals surface area contributed by atoms with Crippen molar-refractivity contribution >= 4 is 23.4 Å². The normalized spacial score (nSPS) is 16.9. The van der Waals surface area contributed by atoms with Crippen molar-refractivity contribution in [3.05, 3.63) is 64.0 Å². The monoisotopic (exact) mass is 496 g/mol. The van der Waals surface area contributed by atoms with Crippen molar-refractivity contribution in [1.29, 1.82) is 0 Å². The number of carbonyl (C=O) groups excluding carboxylic acids is 2. The number of amides is 2. The summed E-state index contributed by atoms with van der Waals surface area (Å²) in [5.41, 5.74) is 4.17. The minimum atomic E-state index is -0.361. The third-order valence-corrected chi connectivity index (χ3v) is 7.21. The van der Waals surface area contributed by atoms with Crippen LogP contribution in [0.5, 0.6) is 0 Å². The molecule has 0 bridgehead atoms. The van der Waals surface area contributed by atoms with Crippen molar-refractivity contribution in [2.24, 2.45) is 0 Å². The average Bonchev–Trinajstić information content (AvgIpc) is 3.50. The summed E-state index contributed by atoms with van der Waals surface area (Å²) in [5, 5.41) is 7.98. The molecule has 0 fully saturated rings. The second-order valence-corrected chi connectivity index (χ2v) is 9.18. The molecular weight excluding hydrogens is 468 g/mol. The summed E-state index contributed by atoms with van der Waals surface area (Å²) in [7, 11) is 0. The van der Waals surface area contributed by atoms with E-state index in [1.54, 1.807) is 34.2 Å². The van der Waals surface area contributed by atoms with E-state index in [-0.39, 0.29) is 17.9 Å². The van der Waals surface area contributed by atoms with E-state index in [1.807, 2.05) is 19.9 Å². The maximum absolute atomic E-state index is 13.1. The highest BCUT2D eigenvalue weighted by Crippen LogP contribution is 2.31. The summed E-state index contributed by atoms with van der Waals surface area (Å²) in [6, 6.07) is 5.00. The van der Waals surface area contributed by atoms with E-state index in [1.165, 1.54) is 0 Å². The molecule has 0 radical (unpaired) electrons. The molecule has 184 valence electrons. The number of aromatic nitrogens is 4. The summed E-state index contributed by atoms with van der Waals surface area (Å²) in [6.07, 6.45) is 6.51. The van der Waals surface area contributed by atoms with E-state index in [4.69, 9.17) is 16.3 Å². The van der Waals surface area contributed by atoms with Crippen LogP contribution >= 0.6 is 11.6 Å². The molecule has 2 amide bonds. The van der Waals surface area contributed by atoms with Crippen LogP contribution in [-0.4, -0.2) is 55.7 Å². The molecule has 2 aliphatic rings. The number of aryl methyl sites for hydroxylation is 1. The Bertz CT molecular complexity index is 1260. The number of hydrogen-bond acceptors (Lipinski definition) is 5. The Hall–Kier alpha value is -3.17.